The van der Waals surface area contributed by atoms with Crippen LogP contribution in [0.25, 0.3) is 0 Å². The molecule has 0 bridgehead atoms. The van der Waals surface area contributed by atoms with Crippen molar-refractivity contribution in [2.24, 2.45) is 0 Å². The Balaban J connectivity index is 1.54. The molecule has 2 aliphatic rings. The van der Waals surface area contributed by atoms with Crippen LogP contribution in [-0.2, 0) is 11.2 Å². The van der Waals surface area contributed by atoms with Crippen molar-refractivity contribution in [3.63, 3.8) is 0 Å². The van der Waals surface area contributed by atoms with Crippen LogP contribution in [0.2, 0.25) is 0 Å². The molecule has 2 saturated heterocycles. The molecule has 5 heteroatoms. The van der Waals surface area contributed by atoms with E-state index in [-0.39, 0.29) is 11.7 Å². The fraction of sp³-hybridized carbons (Fsp3) is 0.650. The summed E-state index contributed by atoms with van der Waals surface area (Å²) in [4.78, 5) is 19.4. The molecular weight excluding hydrogens is 317 g/mol. The monoisotopic (exact) mass is 347 g/mol. The van der Waals surface area contributed by atoms with E-state index in [1.807, 2.05) is 11.0 Å². The summed E-state index contributed by atoms with van der Waals surface area (Å²) in [6, 6.07) is 6.38. The number of benzene rings is 1. The molecule has 0 N–H and O–H groups in total. The molecule has 1 amide bonds. The highest BCUT2D eigenvalue weighted by Gasteiger charge is 2.43. The van der Waals surface area contributed by atoms with Gasteiger partial charge in [-0.1, -0.05) is 12.1 Å². The lowest BCUT2D eigenvalue weighted by molar-refractivity contribution is -0.133. The Morgan fingerprint density at radius 2 is 1.96 bits per heavy atom. The first-order chi connectivity index (χ1) is 12.0. The summed E-state index contributed by atoms with van der Waals surface area (Å²) in [7, 11) is 4.24. The first-order valence-electron chi connectivity index (χ1n) is 9.41. The van der Waals surface area contributed by atoms with E-state index in [0.717, 1.165) is 44.6 Å². The number of amides is 1. The Morgan fingerprint density at radius 1 is 1.20 bits per heavy atom. The van der Waals surface area contributed by atoms with E-state index in [4.69, 9.17) is 0 Å². The molecule has 4 nitrogen and oxygen atoms in total. The van der Waals surface area contributed by atoms with Crippen LogP contribution in [0.1, 0.15) is 31.2 Å². The van der Waals surface area contributed by atoms with Crippen LogP contribution in [-0.4, -0.2) is 73.0 Å². The molecule has 0 aromatic heterocycles. The van der Waals surface area contributed by atoms with Gasteiger partial charge in [-0.25, -0.2) is 4.39 Å². The third-order valence-corrected chi connectivity index (χ3v) is 5.85. The van der Waals surface area contributed by atoms with E-state index in [1.165, 1.54) is 31.5 Å². The third-order valence-electron chi connectivity index (χ3n) is 5.85. The fourth-order valence-corrected chi connectivity index (χ4v) is 4.34. The average molecular weight is 347 g/mol. The molecule has 0 atom stereocenters. The highest BCUT2D eigenvalue weighted by Crippen LogP contribution is 2.38. The lowest BCUT2D eigenvalue weighted by atomic mass is 9.84. The molecule has 2 heterocycles. The fourth-order valence-electron chi connectivity index (χ4n) is 4.34. The van der Waals surface area contributed by atoms with E-state index in [0.29, 0.717) is 12.0 Å². The number of carbonyl (C=O) groups excluding carboxylic acids is 1. The molecule has 0 radical (unpaired) electrons. The van der Waals surface area contributed by atoms with Gasteiger partial charge in [-0.15, -0.1) is 0 Å². The van der Waals surface area contributed by atoms with Crippen LogP contribution in [0.3, 0.4) is 0 Å². The number of halogens is 1. The Hall–Kier alpha value is -1.46. The summed E-state index contributed by atoms with van der Waals surface area (Å²) >= 11 is 0. The van der Waals surface area contributed by atoms with Gasteiger partial charge in [0.05, 0.1) is 6.42 Å². The molecule has 3 rings (SSSR count). The van der Waals surface area contributed by atoms with Gasteiger partial charge in [0.25, 0.3) is 0 Å². The maximum Gasteiger partial charge on any atom is 0.226 e. The van der Waals surface area contributed by atoms with Crippen LogP contribution in [0.4, 0.5) is 4.39 Å². The van der Waals surface area contributed by atoms with Gasteiger partial charge in [0.15, 0.2) is 0 Å². The van der Waals surface area contributed by atoms with E-state index >= 15 is 0 Å². The van der Waals surface area contributed by atoms with Gasteiger partial charge in [0.1, 0.15) is 5.82 Å². The van der Waals surface area contributed by atoms with Crippen molar-refractivity contribution in [3.05, 3.63) is 35.6 Å². The number of nitrogens with zero attached hydrogens (tertiary/aromatic N) is 3. The number of piperidine rings is 1. The smallest absolute Gasteiger partial charge is 0.226 e. The second kappa shape index (κ2) is 7.83. The minimum absolute atomic E-state index is 0.123. The summed E-state index contributed by atoms with van der Waals surface area (Å²) in [6.07, 6.45) is 4.96. The molecule has 0 saturated carbocycles. The number of rotatable bonds is 5. The van der Waals surface area contributed by atoms with E-state index in [9.17, 15) is 9.18 Å². The number of hydrogen-bond acceptors (Lipinski definition) is 3. The molecule has 0 unspecified atom stereocenters. The first-order valence-corrected chi connectivity index (χ1v) is 9.41. The normalized spacial score (nSPS) is 20.6. The Kier molecular flexibility index (Phi) is 5.74. The predicted molar refractivity (Wildman–Crippen MR) is 98.0 cm³/mol. The Morgan fingerprint density at radius 3 is 2.64 bits per heavy atom. The van der Waals surface area contributed by atoms with Crippen LogP contribution >= 0.6 is 0 Å². The molecule has 1 aromatic rings. The van der Waals surface area contributed by atoms with Gasteiger partial charge < -0.3 is 9.80 Å². The van der Waals surface area contributed by atoms with Crippen molar-refractivity contribution in [1.29, 1.82) is 0 Å². The van der Waals surface area contributed by atoms with Crippen LogP contribution in [0.15, 0.2) is 24.3 Å². The number of carbonyl (C=O) groups is 1. The van der Waals surface area contributed by atoms with Crippen molar-refractivity contribution >= 4 is 5.91 Å². The van der Waals surface area contributed by atoms with Crippen molar-refractivity contribution in [2.75, 3.05) is 46.8 Å². The van der Waals surface area contributed by atoms with Crippen LogP contribution in [0, 0.1) is 5.82 Å². The van der Waals surface area contributed by atoms with Gasteiger partial charge in [-0.05, 0) is 64.0 Å². The van der Waals surface area contributed by atoms with Gasteiger partial charge >= 0.3 is 0 Å². The van der Waals surface area contributed by atoms with E-state index in [2.05, 4.69) is 23.9 Å². The lowest BCUT2D eigenvalue weighted by Crippen LogP contribution is -2.54. The third kappa shape index (κ3) is 4.39. The van der Waals surface area contributed by atoms with Crippen molar-refractivity contribution in [1.82, 2.24) is 14.7 Å². The zero-order valence-corrected chi connectivity index (χ0v) is 15.5. The molecule has 2 aliphatic heterocycles. The van der Waals surface area contributed by atoms with Gasteiger partial charge in [-0.3, -0.25) is 9.69 Å². The van der Waals surface area contributed by atoms with Gasteiger partial charge in [-0.2, -0.15) is 0 Å². The minimum Gasteiger partial charge on any atom is -0.342 e. The molecule has 0 aliphatic carbocycles. The number of likely N-dealkylation sites (N-methyl/N-ethyl adjacent to an activating group) is 1. The minimum atomic E-state index is -0.273. The predicted octanol–water partition coefficient (Wildman–Crippen LogP) is 2.39. The first kappa shape index (κ1) is 18.3. The second-order valence-electron chi connectivity index (χ2n) is 7.81. The quantitative estimate of drug-likeness (QED) is 0.818. The summed E-state index contributed by atoms with van der Waals surface area (Å²) in [5, 5.41) is 0. The largest absolute Gasteiger partial charge is 0.342 e. The molecule has 25 heavy (non-hydrogen) atoms. The zero-order valence-electron chi connectivity index (χ0n) is 15.5. The number of hydrogen-bond donors (Lipinski definition) is 0. The zero-order chi connectivity index (χ0) is 17.9. The summed E-state index contributed by atoms with van der Waals surface area (Å²) < 4.78 is 13.3. The SMILES string of the molecule is CN(C)CCN1CCCC12CCN(C(=O)Cc1cccc(F)c1)CC2. The standard InChI is InChI=1S/C20H30FN3O/c1-22(2)13-14-24-10-4-7-20(24)8-11-23(12-9-20)19(25)16-17-5-3-6-18(21)15-17/h3,5-6,15H,4,7-14,16H2,1-2H3. The van der Waals surface area contributed by atoms with Gasteiger partial charge in [0, 0.05) is 31.7 Å². The van der Waals surface area contributed by atoms with Crippen LogP contribution < -0.4 is 0 Å². The highest BCUT2D eigenvalue weighted by molar-refractivity contribution is 5.78. The summed E-state index contributed by atoms with van der Waals surface area (Å²) in [5.41, 5.74) is 1.06. The van der Waals surface area contributed by atoms with E-state index in [1.54, 1.807) is 6.07 Å². The topological polar surface area (TPSA) is 26.8 Å². The maximum absolute atomic E-state index is 13.3. The molecule has 138 valence electrons. The maximum atomic E-state index is 13.3. The van der Waals surface area contributed by atoms with Crippen LogP contribution in [0.5, 0.6) is 0 Å². The molecule has 1 aromatic carbocycles. The summed E-state index contributed by atoms with van der Waals surface area (Å²) in [6.45, 7) is 5.04. The molecule has 1 spiro atoms. The van der Waals surface area contributed by atoms with Crippen molar-refractivity contribution in [2.45, 2.75) is 37.6 Å². The number of likely N-dealkylation sites (tertiary alicyclic amines) is 2. The van der Waals surface area contributed by atoms with Gasteiger partial charge in [0.2, 0.25) is 5.91 Å². The molecular formula is C20H30FN3O. The highest BCUT2D eigenvalue weighted by atomic mass is 19.1. The Labute approximate surface area is 150 Å². The lowest BCUT2D eigenvalue weighted by Gasteiger charge is -2.45. The summed E-state index contributed by atoms with van der Waals surface area (Å²) in [5.74, 6) is -0.149. The Bertz CT molecular complexity index is 596. The van der Waals surface area contributed by atoms with Crippen molar-refractivity contribution < 1.29 is 9.18 Å². The van der Waals surface area contributed by atoms with E-state index < -0.39 is 0 Å². The molecule has 2 fully saturated rings. The second-order valence-corrected chi connectivity index (χ2v) is 7.81. The average Bonchev–Trinajstić information content (AvgIpc) is 2.95. The van der Waals surface area contributed by atoms with Crippen molar-refractivity contribution in [3.8, 4) is 0 Å².